The molecule has 1 aliphatic carbocycles. The predicted octanol–water partition coefficient (Wildman–Crippen LogP) is 1.87. The first kappa shape index (κ1) is 13.4. The highest BCUT2D eigenvalue weighted by Crippen LogP contribution is 2.28. The van der Waals surface area contributed by atoms with Crippen LogP contribution < -0.4 is 5.73 Å². The molecule has 3 N–H and O–H groups in total. The molecule has 0 bridgehead atoms. The molecular formula is C13H17BrN2O2. The molecule has 0 unspecified atom stereocenters. The fraction of sp³-hybridized carbons (Fsp3) is 0.462. The van der Waals surface area contributed by atoms with E-state index < -0.39 is 0 Å². The zero-order chi connectivity index (χ0) is 13.3. The van der Waals surface area contributed by atoms with Gasteiger partial charge in [-0.25, -0.2) is 0 Å². The molecule has 0 aliphatic heterocycles. The van der Waals surface area contributed by atoms with Gasteiger partial charge in [-0.05, 0) is 52.9 Å². The summed E-state index contributed by atoms with van der Waals surface area (Å²) in [6, 6.07) is 5.22. The van der Waals surface area contributed by atoms with Crippen LogP contribution in [0.4, 0.5) is 5.69 Å². The first-order valence-corrected chi connectivity index (χ1v) is 6.75. The summed E-state index contributed by atoms with van der Waals surface area (Å²) < 4.78 is 0.795. The number of hydrogen-bond acceptors (Lipinski definition) is 3. The monoisotopic (exact) mass is 312 g/mol. The molecule has 5 heteroatoms. The normalized spacial score (nSPS) is 22.4. The van der Waals surface area contributed by atoms with Crippen molar-refractivity contribution in [1.29, 1.82) is 0 Å². The van der Waals surface area contributed by atoms with E-state index in [1.165, 1.54) is 0 Å². The number of carbonyl (C=O) groups excluding carboxylic acids is 1. The van der Waals surface area contributed by atoms with Crippen molar-refractivity contribution in [3.05, 3.63) is 28.2 Å². The van der Waals surface area contributed by atoms with Crippen LogP contribution in [-0.4, -0.2) is 35.6 Å². The summed E-state index contributed by atoms with van der Waals surface area (Å²) in [6.45, 7) is 0.686. The fourth-order valence-electron chi connectivity index (χ4n) is 2.22. The largest absolute Gasteiger partial charge is 0.398 e. The number of hydrogen-bond donors (Lipinski definition) is 2. The number of carbonyl (C=O) groups is 1. The van der Waals surface area contributed by atoms with Gasteiger partial charge in [0, 0.05) is 29.3 Å². The van der Waals surface area contributed by atoms with E-state index in [1.807, 2.05) is 0 Å². The third-order valence-corrected chi connectivity index (χ3v) is 4.05. The second-order valence-electron chi connectivity index (χ2n) is 4.91. The number of aliphatic hydroxyl groups is 1. The molecule has 0 saturated heterocycles. The number of rotatable bonds is 3. The Morgan fingerprint density at radius 1 is 1.56 bits per heavy atom. The lowest BCUT2D eigenvalue weighted by Crippen LogP contribution is -2.39. The quantitative estimate of drug-likeness (QED) is 0.837. The number of nitrogen functional groups attached to an aromatic ring is 1. The van der Waals surface area contributed by atoms with Crippen molar-refractivity contribution in [3.8, 4) is 0 Å². The van der Waals surface area contributed by atoms with E-state index in [9.17, 15) is 9.90 Å². The Morgan fingerprint density at radius 2 is 2.22 bits per heavy atom. The van der Waals surface area contributed by atoms with Gasteiger partial charge >= 0.3 is 0 Å². The minimum atomic E-state index is -0.179. The fourth-order valence-corrected chi connectivity index (χ4v) is 2.46. The van der Waals surface area contributed by atoms with Crippen LogP contribution >= 0.6 is 15.9 Å². The van der Waals surface area contributed by atoms with Gasteiger partial charge in [0.05, 0.1) is 6.10 Å². The highest BCUT2D eigenvalue weighted by Gasteiger charge is 2.29. The van der Waals surface area contributed by atoms with Crippen molar-refractivity contribution in [2.24, 2.45) is 5.92 Å². The molecule has 1 aliphatic rings. The molecule has 4 nitrogen and oxygen atoms in total. The van der Waals surface area contributed by atoms with Crippen LogP contribution in [0.2, 0.25) is 0 Å². The minimum absolute atomic E-state index is 0.0319. The summed E-state index contributed by atoms with van der Waals surface area (Å²) in [5, 5.41) is 9.23. The molecule has 0 spiro atoms. The zero-order valence-electron chi connectivity index (χ0n) is 10.3. The van der Waals surface area contributed by atoms with Crippen LogP contribution in [0.3, 0.4) is 0 Å². The van der Waals surface area contributed by atoms with E-state index in [1.54, 1.807) is 30.1 Å². The summed E-state index contributed by atoms with van der Waals surface area (Å²) in [5.74, 6) is 0.386. The number of amides is 1. The van der Waals surface area contributed by atoms with Gasteiger partial charge in [0.15, 0.2) is 0 Å². The van der Waals surface area contributed by atoms with Gasteiger partial charge in [0.1, 0.15) is 0 Å². The standard InChI is InChI=1S/C13H17BrN2O2/c1-16(7-8-4-10(17)5-8)13(18)9-2-3-11(14)12(15)6-9/h2-3,6,8,10,17H,4-5,7,15H2,1H3. The van der Waals surface area contributed by atoms with Crippen LogP contribution in [0.15, 0.2) is 22.7 Å². The number of benzene rings is 1. The first-order valence-electron chi connectivity index (χ1n) is 5.96. The molecule has 98 valence electrons. The van der Waals surface area contributed by atoms with Crippen LogP contribution in [0.1, 0.15) is 23.2 Å². The Hall–Kier alpha value is -1.07. The lowest BCUT2D eigenvalue weighted by atomic mass is 9.82. The molecule has 0 atom stereocenters. The summed E-state index contributed by atoms with van der Waals surface area (Å²) in [7, 11) is 1.78. The van der Waals surface area contributed by atoms with Gasteiger partial charge in [-0.3, -0.25) is 4.79 Å². The molecule has 18 heavy (non-hydrogen) atoms. The maximum atomic E-state index is 12.2. The second-order valence-corrected chi connectivity index (χ2v) is 5.77. The molecule has 0 aromatic heterocycles. The molecule has 1 aromatic carbocycles. The Labute approximate surface area is 115 Å². The second kappa shape index (κ2) is 5.28. The highest BCUT2D eigenvalue weighted by atomic mass is 79.9. The maximum Gasteiger partial charge on any atom is 0.253 e. The lowest BCUT2D eigenvalue weighted by molar-refractivity contribution is 0.0265. The van der Waals surface area contributed by atoms with Gasteiger partial charge in [-0.2, -0.15) is 0 Å². The van der Waals surface area contributed by atoms with Gasteiger partial charge in [-0.1, -0.05) is 0 Å². The summed E-state index contributed by atoms with van der Waals surface area (Å²) >= 11 is 3.31. The van der Waals surface area contributed by atoms with Gasteiger partial charge in [-0.15, -0.1) is 0 Å². The van der Waals surface area contributed by atoms with Crippen molar-refractivity contribution in [1.82, 2.24) is 4.90 Å². The van der Waals surface area contributed by atoms with E-state index in [4.69, 9.17) is 5.73 Å². The molecule has 2 rings (SSSR count). The zero-order valence-corrected chi connectivity index (χ0v) is 11.9. The Balaban J connectivity index is 1.99. The Kier molecular flexibility index (Phi) is 3.92. The molecular weight excluding hydrogens is 296 g/mol. The first-order chi connectivity index (χ1) is 8.47. The number of nitrogens with zero attached hydrogens (tertiary/aromatic N) is 1. The summed E-state index contributed by atoms with van der Waals surface area (Å²) in [5.41, 5.74) is 6.92. The average molecular weight is 313 g/mol. The summed E-state index contributed by atoms with van der Waals surface area (Å²) in [6.07, 6.45) is 1.40. The Morgan fingerprint density at radius 3 is 2.78 bits per heavy atom. The molecule has 1 aromatic rings. The van der Waals surface area contributed by atoms with Crippen LogP contribution in [0, 0.1) is 5.92 Å². The molecule has 1 saturated carbocycles. The van der Waals surface area contributed by atoms with Crippen molar-refractivity contribution in [2.75, 3.05) is 19.3 Å². The van der Waals surface area contributed by atoms with E-state index in [0.717, 1.165) is 17.3 Å². The van der Waals surface area contributed by atoms with Gasteiger partial charge < -0.3 is 15.7 Å². The average Bonchev–Trinajstić information content (AvgIpc) is 2.29. The van der Waals surface area contributed by atoms with Crippen molar-refractivity contribution in [2.45, 2.75) is 18.9 Å². The number of halogens is 1. The third kappa shape index (κ3) is 2.84. The van der Waals surface area contributed by atoms with Crippen LogP contribution in [0.25, 0.3) is 0 Å². The molecule has 0 heterocycles. The van der Waals surface area contributed by atoms with Crippen LogP contribution in [-0.2, 0) is 0 Å². The smallest absolute Gasteiger partial charge is 0.253 e. The number of nitrogens with two attached hydrogens (primary N) is 1. The molecule has 0 radical (unpaired) electrons. The van der Waals surface area contributed by atoms with E-state index in [0.29, 0.717) is 23.7 Å². The van der Waals surface area contributed by atoms with Crippen molar-refractivity contribution in [3.63, 3.8) is 0 Å². The topological polar surface area (TPSA) is 66.6 Å². The van der Waals surface area contributed by atoms with E-state index in [-0.39, 0.29) is 12.0 Å². The maximum absolute atomic E-state index is 12.2. The highest BCUT2D eigenvalue weighted by molar-refractivity contribution is 9.10. The number of aliphatic hydroxyl groups excluding tert-OH is 1. The lowest BCUT2D eigenvalue weighted by Gasteiger charge is -2.34. The molecule has 1 fully saturated rings. The minimum Gasteiger partial charge on any atom is -0.398 e. The van der Waals surface area contributed by atoms with Gasteiger partial charge in [0.25, 0.3) is 5.91 Å². The SMILES string of the molecule is CN(CC1CC(O)C1)C(=O)c1ccc(Br)c(N)c1. The number of anilines is 1. The van der Waals surface area contributed by atoms with Crippen LogP contribution in [0.5, 0.6) is 0 Å². The van der Waals surface area contributed by atoms with Crippen molar-refractivity contribution < 1.29 is 9.90 Å². The van der Waals surface area contributed by atoms with Gasteiger partial charge in [0.2, 0.25) is 0 Å². The summed E-state index contributed by atoms with van der Waals surface area (Å²) in [4.78, 5) is 13.9. The molecule has 1 amide bonds. The predicted molar refractivity (Wildman–Crippen MR) is 74.2 cm³/mol. The third-order valence-electron chi connectivity index (χ3n) is 3.33. The Bertz CT molecular complexity index is 458. The van der Waals surface area contributed by atoms with E-state index in [2.05, 4.69) is 15.9 Å². The van der Waals surface area contributed by atoms with Crippen molar-refractivity contribution >= 4 is 27.5 Å². The van der Waals surface area contributed by atoms with E-state index >= 15 is 0 Å².